The molecule has 1 aliphatic heterocycles. The number of hydrogen-bond acceptors (Lipinski definition) is 4. The Hall–Kier alpha value is -1.85. The zero-order chi connectivity index (χ0) is 17.6. The molecule has 1 aliphatic rings. The van der Waals surface area contributed by atoms with E-state index in [-0.39, 0.29) is 18.6 Å². The van der Waals surface area contributed by atoms with Crippen molar-refractivity contribution in [2.24, 2.45) is 0 Å². The van der Waals surface area contributed by atoms with Crippen LogP contribution in [0.2, 0.25) is 0 Å². The van der Waals surface area contributed by atoms with Gasteiger partial charge in [0.2, 0.25) is 0 Å². The molecule has 0 N–H and O–H groups in total. The first-order chi connectivity index (χ1) is 12.1. The zero-order valence-corrected chi connectivity index (χ0v) is 15.7. The summed E-state index contributed by atoms with van der Waals surface area (Å²) in [7, 11) is 0. The van der Waals surface area contributed by atoms with Crippen molar-refractivity contribution < 1.29 is 14.3 Å². The van der Waals surface area contributed by atoms with Crippen LogP contribution in [0.1, 0.15) is 28.8 Å². The molecule has 1 aromatic carbocycles. The number of aryl methyl sites for hydroxylation is 2. The molecule has 1 unspecified atom stereocenters. The lowest BCUT2D eigenvalue weighted by atomic mass is 10.1. The first kappa shape index (κ1) is 18.0. The third-order valence-corrected chi connectivity index (χ3v) is 5.28. The number of hydrogen-bond donors (Lipinski definition) is 0. The lowest BCUT2D eigenvalue weighted by Gasteiger charge is -2.25. The van der Waals surface area contributed by atoms with Crippen molar-refractivity contribution in [3.63, 3.8) is 0 Å². The molecule has 25 heavy (non-hydrogen) atoms. The van der Waals surface area contributed by atoms with Gasteiger partial charge >= 0.3 is 0 Å². The number of thiophene rings is 1. The lowest BCUT2D eigenvalue weighted by Crippen LogP contribution is -2.39. The highest BCUT2D eigenvalue weighted by Crippen LogP contribution is 2.20. The van der Waals surface area contributed by atoms with E-state index in [1.807, 2.05) is 48.4 Å². The predicted octanol–water partition coefficient (Wildman–Crippen LogP) is 3.95. The van der Waals surface area contributed by atoms with E-state index in [0.29, 0.717) is 13.1 Å². The van der Waals surface area contributed by atoms with Crippen LogP contribution in [-0.4, -0.2) is 36.7 Å². The standard InChI is InChI=1S/C20H25NO3S/c1-15-7-8-16(2)19(11-15)24-14-20(22)21(12-17-5-3-9-23-17)13-18-6-4-10-25-18/h4,6-8,10-11,17H,3,5,9,12-14H2,1-2H3. The first-order valence-electron chi connectivity index (χ1n) is 8.73. The van der Waals surface area contributed by atoms with E-state index in [9.17, 15) is 4.79 Å². The van der Waals surface area contributed by atoms with Crippen molar-refractivity contribution in [1.82, 2.24) is 4.90 Å². The van der Waals surface area contributed by atoms with E-state index in [4.69, 9.17) is 9.47 Å². The highest BCUT2D eigenvalue weighted by atomic mass is 32.1. The molecule has 134 valence electrons. The van der Waals surface area contributed by atoms with Gasteiger partial charge in [-0.1, -0.05) is 18.2 Å². The fourth-order valence-electron chi connectivity index (χ4n) is 2.97. The van der Waals surface area contributed by atoms with Crippen LogP contribution in [0.3, 0.4) is 0 Å². The topological polar surface area (TPSA) is 38.8 Å². The van der Waals surface area contributed by atoms with Crippen molar-refractivity contribution >= 4 is 17.2 Å². The maximum Gasteiger partial charge on any atom is 0.260 e. The summed E-state index contributed by atoms with van der Waals surface area (Å²) in [5, 5.41) is 2.04. The summed E-state index contributed by atoms with van der Waals surface area (Å²) in [6, 6.07) is 10.1. The fourth-order valence-corrected chi connectivity index (χ4v) is 3.69. The van der Waals surface area contributed by atoms with Crippen molar-refractivity contribution in [3.05, 3.63) is 51.7 Å². The maximum absolute atomic E-state index is 12.8. The minimum absolute atomic E-state index is 0.00445. The Kier molecular flexibility index (Phi) is 6.10. The van der Waals surface area contributed by atoms with Crippen molar-refractivity contribution in [1.29, 1.82) is 0 Å². The molecule has 2 aromatic rings. The SMILES string of the molecule is Cc1ccc(C)c(OCC(=O)N(Cc2cccs2)CC2CCCO2)c1. The second kappa shape index (κ2) is 8.50. The number of rotatable bonds is 7. The van der Waals surface area contributed by atoms with Crippen LogP contribution in [0.15, 0.2) is 35.7 Å². The molecule has 1 amide bonds. The summed E-state index contributed by atoms with van der Waals surface area (Å²) in [5.74, 6) is 0.784. The molecular weight excluding hydrogens is 334 g/mol. The molecule has 3 rings (SSSR count). The van der Waals surface area contributed by atoms with Gasteiger partial charge < -0.3 is 14.4 Å². The quantitative estimate of drug-likeness (QED) is 0.751. The number of ether oxygens (including phenoxy) is 2. The van der Waals surface area contributed by atoms with Gasteiger partial charge in [0.25, 0.3) is 5.91 Å². The van der Waals surface area contributed by atoms with Gasteiger partial charge in [0.1, 0.15) is 5.75 Å². The molecule has 0 spiro atoms. The monoisotopic (exact) mass is 359 g/mol. The van der Waals surface area contributed by atoms with Gasteiger partial charge in [-0.15, -0.1) is 11.3 Å². The van der Waals surface area contributed by atoms with E-state index in [1.54, 1.807) is 11.3 Å². The zero-order valence-electron chi connectivity index (χ0n) is 14.9. The average Bonchev–Trinajstić information content (AvgIpc) is 3.28. The Balaban J connectivity index is 1.63. The summed E-state index contributed by atoms with van der Waals surface area (Å²) in [6.07, 6.45) is 2.24. The molecule has 1 aromatic heterocycles. The fraction of sp³-hybridized carbons (Fsp3) is 0.450. The molecule has 0 aliphatic carbocycles. The highest BCUT2D eigenvalue weighted by Gasteiger charge is 2.23. The normalized spacial score (nSPS) is 16.8. The second-order valence-electron chi connectivity index (χ2n) is 6.55. The Morgan fingerprint density at radius 2 is 2.24 bits per heavy atom. The van der Waals surface area contributed by atoms with Crippen molar-refractivity contribution in [2.45, 2.75) is 39.3 Å². The molecule has 0 saturated carbocycles. The van der Waals surface area contributed by atoms with E-state index in [1.165, 1.54) is 4.88 Å². The Bertz CT molecular complexity index is 693. The second-order valence-corrected chi connectivity index (χ2v) is 7.58. The summed E-state index contributed by atoms with van der Waals surface area (Å²) in [6.45, 7) is 6.12. The van der Waals surface area contributed by atoms with Crippen LogP contribution < -0.4 is 4.74 Å². The molecule has 4 nitrogen and oxygen atoms in total. The van der Waals surface area contributed by atoms with E-state index in [0.717, 1.165) is 36.3 Å². The number of carbonyl (C=O) groups excluding carboxylic acids is 1. The molecule has 1 fully saturated rings. The van der Waals surface area contributed by atoms with E-state index in [2.05, 4.69) is 6.07 Å². The van der Waals surface area contributed by atoms with Gasteiger partial charge in [-0.3, -0.25) is 4.79 Å². The van der Waals surface area contributed by atoms with Crippen LogP contribution in [0.5, 0.6) is 5.75 Å². The van der Waals surface area contributed by atoms with E-state index >= 15 is 0 Å². The average molecular weight is 359 g/mol. The summed E-state index contributed by atoms with van der Waals surface area (Å²) >= 11 is 1.67. The van der Waals surface area contributed by atoms with Gasteiger partial charge in [-0.25, -0.2) is 0 Å². The van der Waals surface area contributed by atoms with Crippen molar-refractivity contribution in [2.75, 3.05) is 19.8 Å². The van der Waals surface area contributed by atoms with Crippen LogP contribution in [0.25, 0.3) is 0 Å². The van der Waals surface area contributed by atoms with Gasteiger partial charge in [0.15, 0.2) is 6.61 Å². The van der Waals surface area contributed by atoms with Gasteiger partial charge in [-0.05, 0) is 55.3 Å². The molecule has 2 heterocycles. The minimum Gasteiger partial charge on any atom is -0.483 e. The maximum atomic E-state index is 12.8. The van der Waals surface area contributed by atoms with Crippen LogP contribution >= 0.6 is 11.3 Å². The van der Waals surface area contributed by atoms with Crippen LogP contribution in [0, 0.1) is 13.8 Å². The Morgan fingerprint density at radius 3 is 2.96 bits per heavy atom. The summed E-state index contributed by atoms with van der Waals surface area (Å²) in [5.41, 5.74) is 2.17. The smallest absolute Gasteiger partial charge is 0.260 e. The molecule has 0 radical (unpaired) electrons. The van der Waals surface area contributed by atoms with Gasteiger partial charge in [0.05, 0.1) is 12.6 Å². The number of carbonyl (C=O) groups is 1. The lowest BCUT2D eigenvalue weighted by molar-refractivity contribution is -0.135. The Labute approximate surface area is 153 Å². The molecule has 1 saturated heterocycles. The number of amides is 1. The summed E-state index contributed by atoms with van der Waals surface area (Å²) in [4.78, 5) is 15.8. The van der Waals surface area contributed by atoms with E-state index < -0.39 is 0 Å². The molecule has 5 heteroatoms. The third kappa shape index (κ3) is 5.06. The summed E-state index contributed by atoms with van der Waals surface area (Å²) < 4.78 is 11.5. The minimum atomic E-state index is 0.00445. The molecule has 1 atom stereocenters. The number of nitrogens with zero attached hydrogens (tertiary/aromatic N) is 1. The van der Waals surface area contributed by atoms with Crippen LogP contribution in [0.4, 0.5) is 0 Å². The Morgan fingerprint density at radius 1 is 1.36 bits per heavy atom. The van der Waals surface area contributed by atoms with Crippen LogP contribution in [-0.2, 0) is 16.1 Å². The molecular formula is C20H25NO3S. The predicted molar refractivity (Wildman–Crippen MR) is 100 cm³/mol. The highest BCUT2D eigenvalue weighted by molar-refractivity contribution is 7.09. The van der Waals surface area contributed by atoms with Crippen molar-refractivity contribution in [3.8, 4) is 5.75 Å². The largest absolute Gasteiger partial charge is 0.483 e. The number of benzene rings is 1. The third-order valence-electron chi connectivity index (χ3n) is 4.42. The van der Waals surface area contributed by atoms with Gasteiger partial charge in [-0.2, -0.15) is 0 Å². The van der Waals surface area contributed by atoms with Gasteiger partial charge in [0, 0.05) is 18.0 Å². The molecule has 0 bridgehead atoms. The first-order valence-corrected chi connectivity index (χ1v) is 9.61.